The summed E-state index contributed by atoms with van der Waals surface area (Å²) >= 11 is 0. The largest absolute Gasteiger partial charge is 0.134 e. The predicted molar refractivity (Wildman–Crippen MR) is 23.0 cm³/mol. The van der Waals surface area contributed by atoms with Gasteiger partial charge in [-0.3, -0.25) is 0 Å². The summed E-state index contributed by atoms with van der Waals surface area (Å²) < 4.78 is 0. The highest BCUT2D eigenvalue weighted by Gasteiger charge is 1.82. The third-order valence-corrected chi connectivity index (χ3v) is 0.447. The Morgan fingerprint density at radius 3 is 1.60 bits per heavy atom. The number of hydrogen-bond acceptors (Lipinski definition) is 2. The normalized spacial score (nSPS) is 9.60. The summed E-state index contributed by atoms with van der Waals surface area (Å²) in [4.78, 5) is 0. The third-order valence-electron chi connectivity index (χ3n) is 0.447. The Kier molecular flexibility index (Phi) is 2.14. The number of nitrogens with one attached hydrogen (secondary N) is 1. The lowest BCUT2D eigenvalue weighted by Crippen LogP contribution is -2.31. The molecule has 0 aromatic heterocycles. The van der Waals surface area contributed by atoms with Crippen LogP contribution >= 0.6 is 0 Å². The topological polar surface area (TPSA) is 17.9 Å². The van der Waals surface area contributed by atoms with Crippen molar-refractivity contribution in [3.63, 3.8) is 0 Å². The minimum Gasteiger partial charge on any atom is -0.122 e. The molecular formula is C3H10N2+. The van der Waals surface area contributed by atoms with Crippen LogP contribution in [0.2, 0.25) is 0 Å². The minimum absolute atomic E-state index is 1.88. The van der Waals surface area contributed by atoms with E-state index in [0.717, 1.165) is 0 Å². The van der Waals surface area contributed by atoms with Crippen LogP contribution in [0.3, 0.4) is 0 Å². The molecule has 5 heavy (non-hydrogen) atoms. The molecule has 0 aliphatic heterocycles. The van der Waals surface area contributed by atoms with Gasteiger partial charge in [0.05, 0.1) is 0 Å². The molecule has 0 heterocycles. The van der Waals surface area contributed by atoms with Gasteiger partial charge in [-0.25, -0.2) is 0 Å². The van der Waals surface area contributed by atoms with Crippen molar-refractivity contribution in [2.45, 2.75) is 0 Å². The molecule has 0 aliphatic rings. The first-order valence-electron chi connectivity index (χ1n) is 1.62. The van der Waals surface area contributed by atoms with Gasteiger partial charge in [-0.1, -0.05) is 5.01 Å². The van der Waals surface area contributed by atoms with E-state index in [1.54, 1.807) is 0 Å². The van der Waals surface area contributed by atoms with E-state index in [1.807, 2.05) is 26.2 Å². The van der Waals surface area contributed by atoms with Gasteiger partial charge in [0.1, 0.15) is 14.1 Å². The number of nitrogens with zero attached hydrogens (tertiary/aromatic N) is 1. The van der Waals surface area contributed by atoms with Gasteiger partial charge >= 0.3 is 0 Å². The summed E-state index contributed by atoms with van der Waals surface area (Å²) in [6, 6.07) is 0. The predicted octanol–water partition coefficient (Wildman–Crippen LogP) is -0.480. The van der Waals surface area contributed by atoms with Crippen molar-refractivity contribution in [3.8, 4) is 0 Å². The van der Waals surface area contributed by atoms with Crippen LogP contribution < -0.4 is 10.4 Å². The minimum atomic E-state index is 1.88. The molecular weight excluding hydrogens is 64.0 g/mol. The van der Waals surface area contributed by atoms with E-state index < -0.39 is 0 Å². The fraction of sp³-hybridized carbons (Fsp3) is 1.00. The molecule has 0 rings (SSSR count). The number of hydrazine groups is 1. The van der Waals surface area contributed by atoms with Crippen molar-refractivity contribution >= 4 is 0 Å². The van der Waals surface area contributed by atoms with Crippen molar-refractivity contribution < 1.29 is 0 Å². The highest BCUT2D eigenvalue weighted by atomic mass is 15.5. The van der Waals surface area contributed by atoms with Crippen LogP contribution in [-0.2, 0) is 0 Å². The van der Waals surface area contributed by atoms with Crippen LogP contribution in [0.5, 0.6) is 0 Å². The van der Waals surface area contributed by atoms with Gasteiger partial charge in [-0.15, -0.1) is 5.43 Å². The third kappa shape index (κ3) is 3.92. The molecule has 0 amide bonds. The lowest BCUT2D eigenvalue weighted by atomic mass is 11.1. The second kappa shape index (κ2) is 2.18. The molecule has 0 saturated heterocycles. The van der Waals surface area contributed by atoms with Gasteiger partial charge in [0.15, 0.2) is 0 Å². The molecule has 0 aliphatic carbocycles. The van der Waals surface area contributed by atoms with Crippen LogP contribution in [0, 0.1) is 0 Å². The van der Waals surface area contributed by atoms with Crippen molar-refractivity contribution in [3.05, 3.63) is 0 Å². The first-order chi connectivity index (χ1) is 2.27. The number of rotatable bonds is 1. The maximum atomic E-state index is 2.86. The molecule has 1 N–H and O–H groups in total. The first-order valence-corrected chi connectivity index (χ1v) is 1.62. The van der Waals surface area contributed by atoms with Crippen LogP contribution in [0.4, 0.5) is 0 Å². The molecule has 0 atom stereocenters. The molecule has 2 heteroatoms. The Hall–Kier alpha value is -0.0800. The molecule has 1 radical (unpaired) electrons. The maximum absolute atomic E-state index is 2.86. The smallest absolute Gasteiger partial charge is 0.122 e. The van der Waals surface area contributed by atoms with E-state index in [9.17, 15) is 0 Å². The molecule has 0 spiro atoms. The molecule has 2 nitrogen and oxygen atoms in total. The van der Waals surface area contributed by atoms with E-state index in [0.29, 0.717) is 0 Å². The molecule has 0 unspecified atom stereocenters. The van der Waals surface area contributed by atoms with Gasteiger partial charge in [0.2, 0.25) is 0 Å². The lowest BCUT2D eigenvalue weighted by Gasteiger charge is -1.88. The summed E-state index contributed by atoms with van der Waals surface area (Å²) in [7, 11) is 5.76. The van der Waals surface area contributed by atoms with Gasteiger partial charge in [-0.2, -0.15) is 0 Å². The fourth-order valence-electron chi connectivity index (χ4n) is 0. The quantitative estimate of drug-likeness (QED) is 0.328. The lowest BCUT2D eigenvalue weighted by molar-refractivity contribution is 0.470. The average Bonchev–Trinajstić information content (AvgIpc) is 1.38. The van der Waals surface area contributed by atoms with E-state index in [2.05, 4.69) is 5.43 Å². The number of hydrogen-bond donors (Lipinski definition) is 1. The van der Waals surface area contributed by atoms with E-state index in [-0.39, 0.29) is 0 Å². The van der Waals surface area contributed by atoms with Crippen LogP contribution in [0.25, 0.3) is 0 Å². The zero-order valence-corrected chi connectivity index (χ0v) is 3.95. The molecule has 0 saturated carbocycles. The van der Waals surface area contributed by atoms with Crippen LogP contribution in [-0.4, -0.2) is 21.1 Å². The van der Waals surface area contributed by atoms with Crippen molar-refractivity contribution in [1.29, 1.82) is 0 Å². The summed E-state index contributed by atoms with van der Waals surface area (Å²) in [5, 5.41) is 1.88. The molecule has 0 aromatic rings. The van der Waals surface area contributed by atoms with Crippen molar-refractivity contribution in [2.75, 3.05) is 21.1 Å². The van der Waals surface area contributed by atoms with Crippen molar-refractivity contribution in [2.24, 2.45) is 0 Å². The molecule has 31 valence electrons. The van der Waals surface area contributed by atoms with Gasteiger partial charge in [0.25, 0.3) is 0 Å². The Bertz CT molecular complexity index is 18.9. The van der Waals surface area contributed by atoms with Gasteiger partial charge in [0, 0.05) is 7.05 Å². The van der Waals surface area contributed by atoms with Crippen LogP contribution in [0.1, 0.15) is 0 Å². The average molecular weight is 74.1 g/mol. The monoisotopic (exact) mass is 74.1 g/mol. The molecule has 0 aromatic carbocycles. The SMILES string of the molecule is CN[N+](C)C. The maximum Gasteiger partial charge on any atom is 0.134 e. The van der Waals surface area contributed by atoms with E-state index in [4.69, 9.17) is 0 Å². The zero-order chi connectivity index (χ0) is 4.28. The van der Waals surface area contributed by atoms with E-state index in [1.165, 1.54) is 0 Å². The highest BCUT2D eigenvalue weighted by molar-refractivity contribution is 4.23. The second-order valence-electron chi connectivity index (χ2n) is 1.12. The van der Waals surface area contributed by atoms with E-state index >= 15 is 0 Å². The standard InChI is InChI=1S/C3H10N2/c1-4-5(2)3/h4H,1-3H3/q+1. The summed E-state index contributed by atoms with van der Waals surface area (Å²) in [6.45, 7) is 0. The summed E-state index contributed by atoms with van der Waals surface area (Å²) in [5.41, 5.74) is 2.86. The molecule has 0 fully saturated rings. The Balaban J connectivity index is 2.54. The fourth-order valence-corrected chi connectivity index (χ4v) is 0. The first kappa shape index (κ1) is 4.92. The zero-order valence-electron chi connectivity index (χ0n) is 3.95. The summed E-state index contributed by atoms with van der Waals surface area (Å²) in [5.74, 6) is 0. The van der Waals surface area contributed by atoms with Gasteiger partial charge in [-0.05, 0) is 0 Å². The molecule has 0 bridgehead atoms. The Labute approximate surface area is 32.7 Å². The highest BCUT2D eigenvalue weighted by Crippen LogP contribution is 1.42. The van der Waals surface area contributed by atoms with Gasteiger partial charge < -0.3 is 0 Å². The van der Waals surface area contributed by atoms with Crippen molar-refractivity contribution in [1.82, 2.24) is 10.4 Å². The second-order valence-corrected chi connectivity index (χ2v) is 1.12. The Morgan fingerprint density at radius 2 is 1.60 bits per heavy atom. The summed E-state index contributed by atoms with van der Waals surface area (Å²) in [6.07, 6.45) is 0. The Morgan fingerprint density at radius 1 is 1.40 bits per heavy atom. The van der Waals surface area contributed by atoms with Crippen LogP contribution in [0.15, 0.2) is 0 Å².